The molecule has 200 valence electrons. The molecule has 3 rings (SSSR count). The van der Waals surface area contributed by atoms with E-state index in [0.717, 1.165) is 15.4 Å². The molecule has 3 aromatic rings. The lowest BCUT2D eigenvalue weighted by molar-refractivity contribution is -0.123. The Balaban J connectivity index is 1.68. The maximum atomic E-state index is 13.4. The summed E-state index contributed by atoms with van der Waals surface area (Å²) in [5.41, 5.74) is 5.21. The van der Waals surface area contributed by atoms with Crippen molar-refractivity contribution in [3.05, 3.63) is 89.5 Å². The Hall–Kier alpha value is -4.18. The third-order valence-corrected chi connectivity index (χ3v) is 7.00. The van der Waals surface area contributed by atoms with Crippen molar-refractivity contribution in [3.8, 4) is 5.75 Å². The molecule has 38 heavy (non-hydrogen) atoms. The first kappa shape index (κ1) is 28.4. The number of hydrogen-bond donors (Lipinski definition) is 2. The first-order valence-electron chi connectivity index (χ1n) is 12.0. The van der Waals surface area contributed by atoms with E-state index in [-0.39, 0.29) is 23.5 Å². The van der Waals surface area contributed by atoms with Gasteiger partial charge in [-0.2, -0.15) is 5.10 Å². The van der Waals surface area contributed by atoms with E-state index >= 15 is 0 Å². The number of carbonyl (C=O) groups excluding carboxylic acids is 2. The summed E-state index contributed by atoms with van der Waals surface area (Å²) in [6, 6.07) is 20.2. The van der Waals surface area contributed by atoms with Gasteiger partial charge >= 0.3 is 0 Å². The van der Waals surface area contributed by atoms with Crippen molar-refractivity contribution in [1.82, 2.24) is 10.7 Å². The minimum Gasteiger partial charge on any atom is -0.484 e. The largest absolute Gasteiger partial charge is 0.484 e. The molecule has 2 amide bonds. The number of aryl methyl sites for hydroxylation is 2. The van der Waals surface area contributed by atoms with Crippen LogP contribution in [0, 0.1) is 13.8 Å². The zero-order valence-corrected chi connectivity index (χ0v) is 22.7. The van der Waals surface area contributed by atoms with E-state index in [9.17, 15) is 18.0 Å². The van der Waals surface area contributed by atoms with Gasteiger partial charge in [-0.3, -0.25) is 13.9 Å². The molecule has 0 saturated carbocycles. The summed E-state index contributed by atoms with van der Waals surface area (Å²) >= 11 is 0. The number of rotatable bonds is 11. The Labute approximate surface area is 223 Å². The van der Waals surface area contributed by atoms with Gasteiger partial charge < -0.3 is 10.1 Å². The standard InChI is InChI=1S/C28H32N4O5S/c1-20(2)30-28(34)19-37-25-12-10-23(11-13-25)17-29-31-27(33)18-32(24-15-21(3)14-22(4)16-24)38(35,36)26-8-6-5-7-9-26/h5-17,20H,18-19H2,1-4H3,(H,30,34)(H,31,33)/b29-17-. The molecule has 3 aromatic carbocycles. The summed E-state index contributed by atoms with van der Waals surface area (Å²) in [4.78, 5) is 24.5. The molecule has 0 aliphatic rings. The van der Waals surface area contributed by atoms with E-state index in [1.165, 1.54) is 18.3 Å². The van der Waals surface area contributed by atoms with Crippen LogP contribution in [0.2, 0.25) is 0 Å². The van der Waals surface area contributed by atoms with Crippen LogP contribution >= 0.6 is 0 Å². The molecule has 0 aromatic heterocycles. The summed E-state index contributed by atoms with van der Waals surface area (Å²) in [5, 5.41) is 6.71. The van der Waals surface area contributed by atoms with Crippen molar-refractivity contribution in [2.24, 2.45) is 5.10 Å². The molecule has 0 spiro atoms. The number of hydrogen-bond acceptors (Lipinski definition) is 6. The third-order valence-electron chi connectivity index (χ3n) is 5.22. The minimum atomic E-state index is -4.00. The molecule has 2 N–H and O–H groups in total. The van der Waals surface area contributed by atoms with Crippen molar-refractivity contribution in [1.29, 1.82) is 0 Å². The SMILES string of the molecule is Cc1cc(C)cc(N(CC(=O)N/N=C\c2ccc(OCC(=O)NC(C)C)cc2)S(=O)(=O)c2ccccc2)c1. The van der Waals surface area contributed by atoms with E-state index in [2.05, 4.69) is 15.8 Å². The predicted octanol–water partition coefficient (Wildman–Crippen LogP) is 3.55. The fourth-order valence-electron chi connectivity index (χ4n) is 3.64. The Morgan fingerprint density at radius 2 is 1.58 bits per heavy atom. The lowest BCUT2D eigenvalue weighted by Crippen LogP contribution is -2.39. The molecule has 0 bridgehead atoms. The van der Waals surface area contributed by atoms with Crippen LogP contribution in [0.15, 0.2) is 82.8 Å². The quantitative estimate of drug-likeness (QED) is 0.287. The number of ether oxygens (including phenoxy) is 1. The zero-order chi connectivity index (χ0) is 27.7. The second-order valence-electron chi connectivity index (χ2n) is 9.04. The van der Waals surface area contributed by atoms with Crippen LogP contribution in [0.4, 0.5) is 5.69 Å². The number of carbonyl (C=O) groups is 2. The normalized spacial score (nSPS) is 11.4. The second-order valence-corrected chi connectivity index (χ2v) is 10.9. The predicted molar refractivity (Wildman–Crippen MR) is 148 cm³/mol. The summed E-state index contributed by atoms with van der Waals surface area (Å²) in [5.74, 6) is -0.297. The third kappa shape index (κ3) is 8.17. The van der Waals surface area contributed by atoms with Crippen LogP contribution in [-0.2, 0) is 19.6 Å². The number of amides is 2. The van der Waals surface area contributed by atoms with Crippen molar-refractivity contribution in [2.45, 2.75) is 38.6 Å². The van der Waals surface area contributed by atoms with Crippen molar-refractivity contribution >= 4 is 33.7 Å². The molecule has 0 aliphatic carbocycles. The molecule has 0 radical (unpaired) electrons. The van der Waals surface area contributed by atoms with Gasteiger partial charge in [0.1, 0.15) is 12.3 Å². The average Bonchev–Trinajstić information content (AvgIpc) is 2.86. The molecule has 0 aliphatic heterocycles. The Kier molecular flexibility index (Phi) is 9.61. The highest BCUT2D eigenvalue weighted by Crippen LogP contribution is 2.25. The maximum absolute atomic E-state index is 13.4. The van der Waals surface area contributed by atoms with Gasteiger partial charge in [-0.1, -0.05) is 24.3 Å². The minimum absolute atomic E-state index is 0.0337. The van der Waals surface area contributed by atoms with Gasteiger partial charge in [-0.05, 0) is 92.9 Å². The average molecular weight is 537 g/mol. The van der Waals surface area contributed by atoms with Crippen molar-refractivity contribution < 1.29 is 22.7 Å². The Morgan fingerprint density at radius 1 is 0.947 bits per heavy atom. The fraction of sp³-hybridized carbons (Fsp3) is 0.250. The number of nitrogens with one attached hydrogen (secondary N) is 2. The van der Waals surface area contributed by atoms with E-state index in [1.54, 1.807) is 54.6 Å². The van der Waals surface area contributed by atoms with Crippen LogP contribution < -0.4 is 19.8 Å². The molecule has 9 nitrogen and oxygen atoms in total. The molecule has 0 fully saturated rings. The molecular weight excluding hydrogens is 504 g/mol. The topological polar surface area (TPSA) is 117 Å². The molecule has 0 heterocycles. The van der Waals surface area contributed by atoms with Gasteiger partial charge in [-0.15, -0.1) is 0 Å². The van der Waals surface area contributed by atoms with Crippen LogP contribution in [-0.4, -0.2) is 45.6 Å². The number of nitrogens with zero attached hydrogens (tertiary/aromatic N) is 2. The summed E-state index contributed by atoms with van der Waals surface area (Å²) in [7, 11) is -4.00. The highest BCUT2D eigenvalue weighted by atomic mass is 32.2. The van der Waals surface area contributed by atoms with Crippen molar-refractivity contribution in [3.63, 3.8) is 0 Å². The summed E-state index contributed by atoms with van der Waals surface area (Å²) in [6.45, 7) is 6.92. The highest BCUT2D eigenvalue weighted by molar-refractivity contribution is 7.92. The van der Waals surface area contributed by atoms with Crippen LogP contribution in [0.1, 0.15) is 30.5 Å². The number of sulfonamides is 1. The summed E-state index contributed by atoms with van der Waals surface area (Å²) in [6.07, 6.45) is 1.43. The Morgan fingerprint density at radius 3 is 2.18 bits per heavy atom. The summed E-state index contributed by atoms with van der Waals surface area (Å²) < 4.78 is 33.4. The number of anilines is 1. The van der Waals surface area contributed by atoms with E-state index in [4.69, 9.17) is 4.74 Å². The van der Waals surface area contributed by atoms with Gasteiger partial charge in [-0.25, -0.2) is 13.8 Å². The lowest BCUT2D eigenvalue weighted by atomic mass is 10.1. The molecule has 0 saturated heterocycles. The molecular formula is C28H32N4O5S. The van der Waals surface area contributed by atoms with E-state index < -0.39 is 22.5 Å². The first-order chi connectivity index (χ1) is 18.0. The van der Waals surface area contributed by atoms with Crippen molar-refractivity contribution in [2.75, 3.05) is 17.5 Å². The Bertz CT molecular complexity index is 1370. The van der Waals surface area contributed by atoms with Gasteiger partial charge in [0.15, 0.2) is 6.61 Å². The van der Waals surface area contributed by atoms with Crippen LogP contribution in [0.25, 0.3) is 0 Å². The second kappa shape index (κ2) is 12.9. The highest BCUT2D eigenvalue weighted by Gasteiger charge is 2.27. The lowest BCUT2D eigenvalue weighted by Gasteiger charge is -2.24. The van der Waals surface area contributed by atoms with Crippen LogP contribution in [0.5, 0.6) is 5.75 Å². The molecule has 0 atom stereocenters. The fourth-order valence-corrected chi connectivity index (χ4v) is 5.06. The number of benzene rings is 3. The number of hydrazone groups is 1. The maximum Gasteiger partial charge on any atom is 0.264 e. The van der Waals surface area contributed by atoms with Gasteiger partial charge in [0.05, 0.1) is 16.8 Å². The monoisotopic (exact) mass is 536 g/mol. The van der Waals surface area contributed by atoms with Gasteiger partial charge in [0, 0.05) is 6.04 Å². The zero-order valence-electron chi connectivity index (χ0n) is 21.8. The molecule has 10 heteroatoms. The van der Waals surface area contributed by atoms with Gasteiger partial charge in [0.25, 0.3) is 21.8 Å². The van der Waals surface area contributed by atoms with Gasteiger partial charge in [0.2, 0.25) is 0 Å². The smallest absolute Gasteiger partial charge is 0.264 e. The van der Waals surface area contributed by atoms with E-state index in [1.807, 2.05) is 33.8 Å². The molecule has 0 unspecified atom stereocenters. The van der Waals surface area contributed by atoms with E-state index in [0.29, 0.717) is 17.0 Å². The first-order valence-corrected chi connectivity index (χ1v) is 13.5. The van der Waals surface area contributed by atoms with Crippen LogP contribution in [0.3, 0.4) is 0 Å².